The standard InChI is InChI=1S/C23H24N2O4/c26-13-15-28-22-12-11-19(17-23(22)29-16-14-27)18-24-25(20-7-3-1-4-8-20)21-9-5-2-6-10-21/h1-12,17-18,26-27H,13-16H2/b24-18+. The molecular weight excluding hydrogens is 368 g/mol. The average Bonchev–Trinajstić information content (AvgIpc) is 2.78. The van der Waals surface area contributed by atoms with E-state index in [0.717, 1.165) is 16.9 Å². The number of aliphatic hydroxyl groups excluding tert-OH is 2. The molecule has 3 aromatic rings. The number of hydrogen-bond acceptors (Lipinski definition) is 6. The lowest BCUT2D eigenvalue weighted by atomic mass is 10.2. The van der Waals surface area contributed by atoms with Crippen molar-refractivity contribution in [3.8, 4) is 11.5 Å². The Morgan fingerprint density at radius 1 is 0.724 bits per heavy atom. The van der Waals surface area contributed by atoms with E-state index < -0.39 is 0 Å². The molecule has 0 aromatic heterocycles. The largest absolute Gasteiger partial charge is 0.487 e. The summed E-state index contributed by atoms with van der Waals surface area (Å²) in [6.45, 7) is 0.119. The molecule has 0 aliphatic carbocycles. The summed E-state index contributed by atoms with van der Waals surface area (Å²) < 4.78 is 11.1. The number of para-hydroxylation sites is 2. The van der Waals surface area contributed by atoms with Crippen molar-refractivity contribution in [2.24, 2.45) is 5.10 Å². The lowest BCUT2D eigenvalue weighted by Gasteiger charge is -2.19. The predicted octanol–water partition coefficient (Wildman–Crippen LogP) is 3.60. The van der Waals surface area contributed by atoms with Crippen molar-refractivity contribution < 1.29 is 19.7 Å². The number of nitrogens with zero attached hydrogens (tertiary/aromatic N) is 2. The number of benzene rings is 3. The van der Waals surface area contributed by atoms with Gasteiger partial charge in [0.1, 0.15) is 13.2 Å². The minimum Gasteiger partial charge on any atom is -0.487 e. The van der Waals surface area contributed by atoms with E-state index in [2.05, 4.69) is 5.10 Å². The van der Waals surface area contributed by atoms with Crippen LogP contribution in [0.2, 0.25) is 0 Å². The molecule has 3 aromatic carbocycles. The van der Waals surface area contributed by atoms with E-state index in [0.29, 0.717) is 11.5 Å². The first-order chi connectivity index (χ1) is 14.3. The number of hydrazone groups is 1. The fourth-order valence-electron chi connectivity index (χ4n) is 2.69. The molecule has 0 aliphatic heterocycles. The average molecular weight is 392 g/mol. The highest BCUT2D eigenvalue weighted by Gasteiger charge is 2.09. The zero-order valence-corrected chi connectivity index (χ0v) is 16.0. The molecule has 0 radical (unpaired) electrons. The van der Waals surface area contributed by atoms with Crippen LogP contribution in [-0.4, -0.2) is 42.9 Å². The Morgan fingerprint density at radius 2 is 1.28 bits per heavy atom. The highest BCUT2D eigenvalue weighted by molar-refractivity contribution is 5.83. The lowest BCUT2D eigenvalue weighted by molar-refractivity contribution is 0.178. The summed E-state index contributed by atoms with van der Waals surface area (Å²) in [5.74, 6) is 0.995. The molecule has 0 heterocycles. The fourth-order valence-corrected chi connectivity index (χ4v) is 2.69. The Kier molecular flexibility index (Phi) is 7.63. The van der Waals surface area contributed by atoms with Crippen LogP contribution >= 0.6 is 0 Å². The van der Waals surface area contributed by atoms with Gasteiger partial charge in [-0.2, -0.15) is 5.10 Å². The van der Waals surface area contributed by atoms with Gasteiger partial charge in [0.2, 0.25) is 0 Å². The Hall–Kier alpha value is -3.35. The van der Waals surface area contributed by atoms with Crippen LogP contribution in [0.4, 0.5) is 11.4 Å². The van der Waals surface area contributed by atoms with Crippen LogP contribution in [0.15, 0.2) is 84.0 Å². The summed E-state index contributed by atoms with van der Waals surface area (Å²) in [6.07, 6.45) is 1.74. The minimum atomic E-state index is -0.104. The van der Waals surface area contributed by atoms with Gasteiger partial charge >= 0.3 is 0 Å². The molecule has 0 fully saturated rings. The molecule has 0 amide bonds. The molecule has 29 heavy (non-hydrogen) atoms. The van der Waals surface area contributed by atoms with E-state index in [1.165, 1.54) is 0 Å². The molecule has 2 N–H and O–H groups in total. The van der Waals surface area contributed by atoms with Crippen LogP contribution in [0.25, 0.3) is 0 Å². The van der Waals surface area contributed by atoms with Gasteiger partial charge in [0.15, 0.2) is 11.5 Å². The highest BCUT2D eigenvalue weighted by atomic mass is 16.5. The molecule has 0 unspecified atom stereocenters. The summed E-state index contributed by atoms with van der Waals surface area (Å²) in [5.41, 5.74) is 2.69. The van der Waals surface area contributed by atoms with Gasteiger partial charge in [0, 0.05) is 0 Å². The second-order valence-electron chi connectivity index (χ2n) is 6.08. The Balaban J connectivity index is 1.88. The van der Waals surface area contributed by atoms with Crippen LogP contribution < -0.4 is 14.5 Å². The van der Waals surface area contributed by atoms with Crippen molar-refractivity contribution in [3.63, 3.8) is 0 Å². The molecule has 3 rings (SSSR count). The number of rotatable bonds is 10. The summed E-state index contributed by atoms with van der Waals surface area (Å²) in [6, 6.07) is 25.2. The smallest absolute Gasteiger partial charge is 0.161 e. The van der Waals surface area contributed by atoms with E-state index in [1.54, 1.807) is 18.3 Å². The molecule has 0 saturated heterocycles. The van der Waals surface area contributed by atoms with Gasteiger partial charge in [-0.15, -0.1) is 0 Å². The van der Waals surface area contributed by atoms with Crippen LogP contribution in [0.5, 0.6) is 11.5 Å². The third-order valence-corrected chi connectivity index (χ3v) is 3.99. The van der Waals surface area contributed by atoms with Crippen LogP contribution in [-0.2, 0) is 0 Å². The molecule has 0 atom stereocenters. The topological polar surface area (TPSA) is 74.5 Å². The summed E-state index contributed by atoms with van der Waals surface area (Å²) in [4.78, 5) is 0. The molecule has 6 nitrogen and oxygen atoms in total. The number of aliphatic hydroxyl groups is 2. The Labute approximate surface area is 170 Å². The fraction of sp³-hybridized carbons (Fsp3) is 0.174. The van der Waals surface area contributed by atoms with Crippen LogP contribution in [0.3, 0.4) is 0 Å². The first kappa shape index (κ1) is 20.4. The van der Waals surface area contributed by atoms with Gasteiger partial charge in [-0.25, -0.2) is 5.01 Å². The lowest BCUT2D eigenvalue weighted by Crippen LogP contribution is -2.09. The second-order valence-corrected chi connectivity index (χ2v) is 6.08. The number of anilines is 2. The van der Waals surface area contributed by atoms with Gasteiger partial charge in [-0.3, -0.25) is 0 Å². The zero-order valence-electron chi connectivity index (χ0n) is 16.0. The SMILES string of the molecule is OCCOc1ccc(/C=N/N(c2ccccc2)c2ccccc2)cc1OCCO. The van der Waals surface area contributed by atoms with E-state index in [4.69, 9.17) is 19.7 Å². The minimum absolute atomic E-state index is 0.0915. The van der Waals surface area contributed by atoms with Gasteiger partial charge in [0.25, 0.3) is 0 Å². The first-order valence-electron chi connectivity index (χ1n) is 9.37. The molecule has 6 heteroatoms. The maximum atomic E-state index is 9.05. The van der Waals surface area contributed by atoms with Crippen molar-refractivity contribution in [1.29, 1.82) is 0 Å². The number of hydrogen-bond donors (Lipinski definition) is 2. The first-order valence-corrected chi connectivity index (χ1v) is 9.37. The normalized spacial score (nSPS) is 10.8. The molecule has 0 spiro atoms. The van der Waals surface area contributed by atoms with Crippen LogP contribution in [0, 0.1) is 0 Å². The quantitative estimate of drug-likeness (QED) is 0.407. The Morgan fingerprint density at radius 3 is 1.83 bits per heavy atom. The second kappa shape index (κ2) is 10.8. The van der Waals surface area contributed by atoms with Gasteiger partial charge in [0.05, 0.1) is 30.8 Å². The number of ether oxygens (including phenoxy) is 2. The Bertz CT molecular complexity index is 862. The van der Waals surface area contributed by atoms with Gasteiger partial charge in [-0.1, -0.05) is 36.4 Å². The summed E-state index contributed by atoms with van der Waals surface area (Å²) >= 11 is 0. The molecule has 0 bridgehead atoms. The monoisotopic (exact) mass is 392 g/mol. The van der Waals surface area contributed by atoms with Crippen LogP contribution in [0.1, 0.15) is 5.56 Å². The summed E-state index contributed by atoms with van der Waals surface area (Å²) in [7, 11) is 0. The zero-order chi connectivity index (χ0) is 20.3. The van der Waals surface area contributed by atoms with Crippen molar-refractivity contribution >= 4 is 17.6 Å². The van der Waals surface area contributed by atoms with E-state index >= 15 is 0 Å². The van der Waals surface area contributed by atoms with Crippen molar-refractivity contribution in [2.45, 2.75) is 0 Å². The third-order valence-electron chi connectivity index (χ3n) is 3.99. The van der Waals surface area contributed by atoms with Crippen molar-refractivity contribution in [3.05, 3.63) is 84.4 Å². The van der Waals surface area contributed by atoms with Crippen molar-refractivity contribution in [1.82, 2.24) is 0 Å². The molecule has 150 valence electrons. The predicted molar refractivity (Wildman–Crippen MR) is 114 cm³/mol. The van der Waals surface area contributed by atoms with E-state index in [1.807, 2.05) is 71.7 Å². The molecular formula is C23H24N2O4. The molecule has 0 saturated carbocycles. The highest BCUT2D eigenvalue weighted by Crippen LogP contribution is 2.29. The summed E-state index contributed by atoms with van der Waals surface area (Å²) in [5, 5.41) is 24.6. The van der Waals surface area contributed by atoms with Gasteiger partial charge < -0.3 is 19.7 Å². The third kappa shape index (κ3) is 5.81. The van der Waals surface area contributed by atoms with E-state index in [9.17, 15) is 0 Å². The maximum absolute atomic E-state index is 9.05. The van der Waals surface area contributed by atoms with E-state index in [-0.39, 0.29) is 26.4 Å². The van der Waals surface area contributed by atoms with Crippen molar-refractivity contribution in [2.75, 3.05) is 31.4 Å². The molecule has 0 aliphatic rings. The maximum Gasteiger partial charge on any atom is 0.161 e. The van der Waals surface area contributed by atoms with Gasteiger partial charge in [-0.05, 0) is 48.0 Å².